The Balaban J connectivity index is 1.46. The summed E-state index contributed by atoms with van der Waals surface area (Å²) in [6.07, 6.45) is 1.60. The van der Waals surface area contributed by atoms with Crippen LogP contribution in [0.3, 0.4) is 0 Å². The standard InChI is InChI=1S/C21H20N2O4S/c1-3-25-16-6-4-5-14(9-16)13(2)23-20(24)19-11-22-21(28-19)15-7-8-17-18(10-15)27-12-26-17/h4-11,13H,3,12H2,1-2H3,(H,23,24). The number of carbonyl (C=O) groups excluding carboxylic acids is 1. The van der Waals surface area contributed by atoms with E-state index in [0.29, 0.717) is 17.2 Å². The highest BCUT2D eigenvalue weighted by atomic mass is 32.1. The van der Waals surface area contributed by atoms with E-state index in [-0.39, 0.29) is 18.7 Å². The Morgan fingerprint density at radius 3 is 2.96 bits per heavy atom. The molecule has 0 radical (unpaired) electrons. The van der Waals surface area contributed by atoms with Gasteiger partial charge in [0.25, 0.3) is 5.91 Å². The molecule has 2 heterocycles. The van der Waals surface area contributed by atoms with Crippen molar-refractivity contribution in [3.05, 3.63) is 59.1 Å². The monoisotopic (exact) mass is 396 g/mol. The van der Waals surface area contributed by atoms with Gasteiger partial charge in [-0.2, -0.15) is 0 Å². The van der Waals surface area contributed by atoms with E-state index in [2.05, 4.69) is 10.3 Å². The predicted molar refractivity (Wildman–Crippen MR) is 107 cm³/mol. The van der Waals surface area contributed by atoms with Crippen LogP contribution in [0.25, 0.3) is 10.6 Å². The molecule has 2 aromatic carbocycles. The third-order valence-electron chi connectivity index (χ3n) is 4.37. The average Bonchev–Trinajstić information content (AvgIpc) is 3.37. The molecule has 1 amide bonds. The van der Waals surface area contributed by atoms with Gasteiger partial charge >= 0.3 is 0 Å². The van der Waals surface area contributed by atoms with E-state index >= 15 is 0 Å². The SMILES string of the molecule is CCOc1cccc(C(C)NC(=O)c2cnc(-c3ccc4c(c3)OCO4)s2)c1. The molecule has 6 nitrogen and oxygen atoms in total. The fourth-order valence-corrected chi connectivity index (χ4v) is 3.75. The molecule has 1 aromatic heterocycles. The molecule has 1 aliphatic rings. The highest BCUT2D eigenvalue weighted by Crippen LogP contribution is 2.37. The molecule has 3 aromatic rings. The van der Waals surface area contributed by atoms with Gasteiger partial charge in [-0.1, -0.05) is 12.1 Å². The second-order valence-electron chi connectivity index (χ2n) is 6.30. The quantitative estimate of drug-likeness (QED) is 0.668. The first kappa shape index (κ1) is 18.3. The average molecular weight is 396 g/mol. The van der Waals surface area contributed by atoms with Gasteiger partial charge in [-0.3, -0.25) is 4.79 Å². The molecule has 0 aliphatic carbocycles. The fraction of sp³-hybridized carbons (Fsp3) is 0.238. The zero-order valence-electron chi connectivity index (χ0n) is 15.6. The minimum absolute atomic E-state index is 0.149. The molecule has 4 rings (SSSR count). The summed E-state index contributed by atoms with van der Waals surface area (Å²) < 4.78 is 16.3. The van der Waals surface area contributed by atoms with E-state index in [1.165, 1.54) is 11.3 Å². The number of ether oxygens (including phenoxy) is 3. The van der Waals surface area contributed by atoms with E-state index < -0.39 is 0 Å². The Bertz CT molecular complexity index is 1000. The lowest BCUT2D eigenvalue weighted by atomic mass is 10.1. The van der Waals surface area contributed by atoms with E-state index in [4.69, 9.17) is 14.2 Å². The molecule has 1 N–H and O–H groups in total. The lowest BCUT2D eigenvalue weighted by Gasteiger charge is -2.14. The second-order valence-corrected chi connectivity index (χ2v) is 7.33. The second kappa shape index (κ2) is 7.90. The van der Waals surface area contributed by atoms with Crippen LogP contribution in [0.2, 0.25) is 0 Å². The van der Waals surface area contributed by atoms with Gasteiger partial charge in [0.1, 0.15) is 15.6 Å². The molecule has 1 unspecified atom stereocenters. The summed E-state index contributed by atoms with van der Waals surface area (Å²) in [6, 6.07) is 13.2. The van der Waals surface area contributed by atoms with Crippen LogP contribution in [-0.4, -0.2) is 24.3 Å². The van der Waals surface area contributed by atoms with Crippen LogP contribution < -0.4 is 19.5 Å². The molecular weight excluding hydrogens is 376 g/mol. The number of thiazole rings is 1. The third-order valence-corrected chi connectivity index (χ3v) is 5.41. The number of fused-ring (bicyclic) bond motifs is 1. The Kier molecular flexibility index (Phi) is 5.16. The first-order valence-electron chi connectivity index (χ1n) is 9.03. The number of hydrogen-bond donors (Lipinski definition) is 1. The van der Waals surface area contributed by atoms with Crippen LogP contribution in [-0.2, 0) is 0 Å². The van der Waals surface area contributed by atoms with Gasteiger partial charge in [0.05, 0.1) is 18.8 Å². The topological polar surface area (TPSA) is 69.7 Å². The van der Waals surface area contributed by atoms with Gasteiger partial charge in [-0.05, 0) is 49.7 Å². The van der Waals surface area contributed by atoms with Crippen LogP contribution in [0.15, 0.2) is 48.7 Å². The van der Waals surface area contributed by atoms with E-state index in [1.807, 2.05) is 56.3 Å². The molecular formula is C21H20N2O4S. The molecule has 1 aliphatic heterocycles. The number of hydrogen-bond acceptors (Lipinski definition) is 6. The summed E-state index contributed by atoms with van der Waals surface area (Å²) in [7, 11) is 0. The van der Waals surface area contributed by atoms with Crippen LogP contribution in [0.1, 0.15) is 35.1 Å². The van der Waals surface area contributed by atoms with E-state index in [1.54, 1.807) is 6.20 Å². The van der Waals surface area contributed by atoms with Crippen LogP contribution >= 0.6 is 11.3 Å². The van der Waals surface area contributed by atoms with Crippen LogP contribution in [0.5, 0.6) is 17.2 Å². The fourth-order valence-electron chi connectivity index (χ4n) is 2.93. The predicted octanol–water partition coefficient (Wildman–Crippen LogP) is 4.43. The number of benzene rings is 2. The van der Waals surface area contributed by atoms with Crippen molar-refractivity contribution in [2.45, 2.75) is 19.9 Å². The summed E-state index contributed by atoms with van der Waals surface area (Å²) in [5, 5.41) is 3.78. The molecule has 1 atom stereocenters. The molecule has 144 valence electrons. The highest BCUT2D eigenvalue weighted by molar-refractivity contribution is 7.16. The lowest BCUT2D eigenvalue weighted by molar-refractivity contribution is 0.0943. The molecule has 0 bridgehead atoms. The first-order valence-corrected chi connectivity index (χ1v) is 9.85. The summed E-state index contributed by atoms with van der Waals surface area (Å²) in [6.45, 7) is 4.72. The maximum Gasteiger partial charge on any atom is 0.263 e. The first-order chi connectivity index (χ1) is 13.6. The van der Waals surface area contributed by atoms with Crippen molar-refractivity contribution in [1.82, 2.24) is 10.3 Å². The minimum atomic E-state index is -0.154. The van der Waals surface area contributed by atoms with Crippen molar-refractivity contribution < 1.29 is 19.0 Å². The Morgan fingerprint density at radius 1 is 1.25 bits per heavy atom. The van der Waals surface area contributed by atoms with Gasteiger partial charge < -0.3 is 19.5 Å². The molecule has 28 heavy (non-hydrogen) atoms. The number of aromatic nitrogens is 1. The van der Waals surface area contributed by atoms with Gasteiger partial charge in [0.2, 0.25) is 6.79 Å². The zero-order valence-corrected chi connectivity index (χ0v) is 16.4. The van der Waals surface area contributed by atoms with Crippen LogP contribution in [0.4, 0.5) is 0 Å². The van der Waals surface area contributed by atoms with Gasteiger partial charge in [-0.25, -0.2) is 4.98 Å². The smallest absolute Gasteiger partial charge is 0.263 e. The number of rotatable bonds is 6. The number of amides is 1. The van der Waals surface area contributed by atoms with Crippen molar-refractivity contribution >= 4 is 17.2 Å². The molecule has 0 fully saturated rings. The van der Waals surface area contributed by atoms with E-state index in [9.17, 15) is 4.79 Å². The minimum Gasteiger partial charge on any atom is -0.494 e. The Labute approximate surface area is 167 Å². The highest BCUT2D eigenvalue weighted by Gasteiger charge is 2.18. The Morgan fingerprint density at radius 2 is 2.11 bits per heavy atom. The summed E-state index contributed by atoms with van der Waals surface area (Å²) >= 11 is 1.34. The third kappa shape index (κ3) is 3.80. The number of nitrogens with zero attached hydrogens (tertiary/aromatic N) is 1. The summed E-state index contributed by atoms with van der Waals surface area (Å²) in [5.74, 6) is 2.06. The van der Waals surface area contributed by atoms with Crippen molar-refractivity contribution in [2.24, 2.45) is 0 Å². The zero-order chi connectivity index (χ0) is 19.5. The Hall–Kier alpha value is -3.06. The van der Waals surface area contributed by atoms with Gasteiger partial charge in [0.15, 0.2) is 11.5 Å². The molecule has 7 heteroatoms. The maximum absolute atomic E-state index is 12.7. The summed E-state index contributed by atoms with van der Waals surface area (Å²) in [5.41, 5.74) is 1.88. The van der Waals surface area contributed by atoms with Crippen molar-refractivity contribution in [3.8, 4) is 27.8 Å². The normalized spacial score (nSPS) is 13.2. The lowest BCUT2D eigenvalue weighted by Crippen LogP contribution is -2.25. The molecule has 0 saturated carbocycles. The van der Waals surface area contributed by atoms with Crippen molar-refractivity contribution in [1.29, 1.82) is 0 Å². The number of nitrogens with one attached hydrogen (secondary N) is 1. The maximum atomic E-state index is 12.7. The molecule has 0 saturated heterocycles. The van der Waals surface area contributed by atoms with Crippen molar-refractivity contribution in [2.75, 3.05) is 13.4 Å². The van der Waals surface area contributed by atoms with Crippen molar-refractivity contribution in [3.63, 3.8) is 0 Å². The van der Waals surface area contributed by atoms with Gasteiger partial charge in [-0.15, -0.1) is 11.3 Å². The largest absolute Gasteiger partial charge is 0.494 e. The van der Waals surface area contributed by atoms with E-state index in [0.717, 1.165) is 27.6 Å². The number of carbonyl (C=O) groups is 1. The van der Waals surface area contributed by atoms with Gasteiger partial charge in [0, 0.05) is 5.56 Å². The molecule has 0 spiro atoms. The summed E-state index contributed by atoms with van der Waals surface area (Å²) in [4.78, 5) is 17.6. The van der Waals surface area contributed by atoms with Crippen LogP contribution in [0, 0.1) is 0 Å².